The molecule has 0 aliphatic heterocycles. The Morgan fingerprint density at radius 2 is 1.95 bits per heavy atom. The minimum Gasteiger partial charge on any atom is -0.503 e. The molecule has 0 aliphatic rings. The molecule has 0 spiro atoms. The van der Waals surface area contributed by atoms with E-state index >= 15 is 0 Å². The van der Waals surface area contributed by atoms with Gasteiger partial charge in [-0.05, 0) is 64.1 Å². The Balaban J connectivity index is 2.08. The van der Waals surface area contributed by atoms with E-state index in [0.29, 0.717) is 16.8 Å². The van der Waals surface area contributed by atoms with Crippen LogP contribution in [0.5, 0.6) is 11.5 Å². The fraction of sp³-hybridized carbons (Fsp3) is 0.200. The number of phenols is 1. The van der Waals surface area contributed by atoms with Gasteiger partial charge in [-0.25, -0.2) is 0 Å². The summed E-state index contributed by atoms with van der Waals surface area (Å²) >= 11 is 5.04. The van der Waals surface area contributed by atoms with Crippen LogP contribution in [0, 0.1) is 0 Å². The summed E-state index contributed by atoms with van der Waals surface area (Å²) in [6.45, 7) is 0.661. The number of phenolic OH excluding ortho intramolecular Hbond substituents is 1. The minimum atomic E-state index is 0.126. The molecular formula is C15H16BrNO2S. The van der Waals surface area contributed by atoms with Crippen molar-refractivity contribution in [1.82, 2.24) is 0 Å². The van der Waals surface area contributed by atoms with Crippen LogP contribution in [-0.2, 0) is 6.54 Å². The first kappa shape index (κ1) is 15.1. The molecule has 0 fully saturated rings. The lowest BCUT2D eigenvalue weighted by Crippen LogP contribution is -2.00. The SMILES string of the molecule is COc1cc(CNc2ccc(SC)cc2)cc(Br)c1O. The van der Waals surface area contributed by atoms with E-state index in [0.717, 1.165) is 11.3 Å². The van der Waals surface area contributed by atoms with Crippen molar-refractivity contribution in [2.45, 2.75) is 11.4 Å². The van der Waals surface area contributed by atoms with Crippen LogP contribution in [0.1, 0.15) is 5.56 Å². The van der Waals surface area contributed by atoms with Crippen molar-refractivity contribution in [2.24, 2.45) is 0 Å². The third-order valence-electron chi connectivity index (χ3n) is 2.89. The number of rotatable bonds is 5. The Kier molecular flexibility index (Phi) is 5.20. The lowest BCUT2D eigenvalue weighted by molar-refractivity contribution is 0.371. The van der Waals surface area contributed by atoms with E-state index in [2.05, 4.69) is 51.8 Å². The Morgan fingerprint density at radius 1 is 1.25 bits per heavy atom. The molecule has 20 heavy (non-hydrogen) atoms. The summed E-state index contributed by atoms with van der Waals surface area (Å²) in [7, 11) is 1.54. The second kappa shape index (κ2) is 6.90. The molecule has 0 aromatic heterocycles. The third kappa shape index (κ3) is 3.61. The predicted molar refractivity (Wildman–Crippen MR) is 87.9 cm³/mol. The Morgan fingerprint density at radius 3 is 2.55 bits per heavy atom. The normalized spacial score (nSPS) is 10.3. The Bertz CT molecular complexity index is 587. The highest BCUT2D eigenvalue weighted by Gasteiger charge is 2.08. The van der Waals surface area contributed by atoms with Crippen LogP contribution in [-0.4, -0.2) is 18.5 Å². The topological polar surface area (TPSA) is 41.5 Å². The molecule has 2 aromatic rings. The van der Waals surface area contributed by atoms with Crippen LogP contribution in [0.25, 0.3) is 0 Å². The van der Waals surface area contributed by atoms with Crippen LogP contribution < -0.4 is 10.1 Å². The average Bonchev–Trinajstić information content (AvgIpc) is 2.48. The zero-order valence-corrected chi connectivity index (χ0v) is 13.7. The van der Waals surface area contributed by atoms with Crippen LogP contribution in [0.3, 0.4) is 0 Å². The highest BCUT2D eigenvalue weighted by molar-refractivity contribution is 9.10. The number of hydrogen-bond acceptors (Lipinski definition) is 4. The summed E-state index contributed by atoms with van der Waals surface area (Å²) in [6, 6.07) is 12.0. The van der Waals surface area contributed by atoms with Crippen molar-refractivity contribution in [3.63, 3.8) is 0 Å². The quantitative estimate of drug-likeness (QED) is 0.776. The first-order valence-electron chi connectivity index (χ1n) is 6.07. The predicted octanol–water partition coefficient (Wildman–Crippen LogP) is 4.50. The molecule has 0 heterocycles. The molecule has 0 bridgehead atoms. The molecule has 3 nitrogen and oxygen atoms in total. The molecule has 2 rings (SSSR count). The smallest absolute Gasteiger partial charge is 0.172 e. The van der Waals surface area contributed by atoms with E-state index < -0.39 is 0 Å². The van der Waals surface area contributed by atoms with Gasteiger partial charge in [0.1, 0.15) is 0 Å². The van der Waals surface area contributed by atoms with Gasteiger partial charge >= 0.3 is 0 Å². The molecule has 0 radical (unpaired) electrons. The van der Waals surface area contributed by atoms with Gasteiger partial charge in [-0.1, -0.05) is 0 Å². The van der Waals surface area contributed by atoms with E-state index in [9.17, 15) is 5.11 Å². The Labute approximate surface area is 131 Å². The van der Waals surface area contributed by atoms with Gasteiger partial charge in [0.15, 0.2) is 11.5 Å². The molecule has 5 heteroatoms. The maximum Gasteiger partial charge on any atom is 0.172 e. The number of thioether (sulfide) groups is 1. The monoisotopic (exact) mass is 353 g/mol. The zero-order valence-electron chi connectivity index (χ0n) is 11.3. The van der Waals surface area contributed by atoms with Crippen LogP contribution >= 0.6 is 27.7 Å². The minimum absolute atomic E-state index is 0.126. The van der Waals surface area contributed by atoms with Crippen molar-refractivity contribution in [2.75, 3.05) is 18.7 Å². The molecular weight excluding hydrogens is 338 g/mol. The second-order valence-corrected chi connectivity index (χ2v) is 5.94. The number of hydrogen-bond donors (Lipinski definition) is 2. The molecule has 2 N–H and O–H groups in total. The maximum absolute atomic E-state index is 9.77. The Hall–Kier alpha value is -1.33. The number of aromatic hydroxyl groups is 1. The van der Waals surface area contributed by atoms with Crippen molar-refractivity contribution >= 4 is 33.4 Å². The van der Waals surface area contributed by atoms with Crippen molar-refractivity contribution in [1.29, 1.82) is 0 Å². The first-order chi connectivity index (χ1) is 9.63. The summed E-state index contributed by atoms with van der Waals surface area (Å²) in [6.07, 6.45) is 2.06. The highest BCUT2D eigenvalue weighted by atomic mass is 79.9. The molecule has 0 aliphatic carbocycles. The number of ether oxygens (including phenoxy) is 1. The van der Waals surface area contributed by atoms with Gasteiger partial charge < -0.3 is 15.2 Å². The van der Waals surface area contributed by atoms with Gasteiger partial charge in [-0.3, -0.25) is 0 Å². The summed E-state index contributed by atoms with van der Waals surface area (Å²) in [5.41, 5.74) is 2.09. The van der Waals surface area contributed by atoms with E-state index in [1.165, 1.54) is 4.90 Å². The molecule has 106 valence electrons. The first-order valence-corrected chi connectivity index (χ1v) is 8.09. The van der Waals surface area contributed by atoms with Crippen molar-refractivity contribution < 1.29 is 9.84 Å². The van der Waals surface area contributed by atoms with E-state index in [1.807, 2.05) is 12.1 Å². The van der Waals surface area contributed by atoms with E-state index in [1.54, 1.807) is 18.9 Å². The molecule has 2 aromatic carbocycles. The summed E-state index contributed by atoms with van der Waals surface area (Å²) in [5, 5.41) is 13.1. The van der Waals surface area contributed by atoms with Crippen molar-refractivity contribution in [3.8, 4) is 11.5 Å². The fourth-order valence-electron chi connectivity index (χ4n) is 1.80. The lowest BCUT2D eigenvalue weighted by Gasteiger charge is -2.11. The lowest BCUT2D eigenvalue weighted by atomic mass is 10.2. The number of benzene rings is 2. The largest absolute Gasteiger partial charge is 0.503 e. The number of nitrogens with one attached hydrogen (secondary N) is 1. The van der Waals surface area contributed by atoms with E-state index in [4.69, 9.17) is 4.74 Å². The third-order valence-corrected chi connectivity index (χ3v) is 4.24. The van der Waals surface area contributed by atoms with Crippen molar-refractivity contribution in [3.05, 3.63) is 46.4 Å². The van der Waals surface area contributed by atoms with Gasteiger partial charge in [-0.15, -0.1) is 11.8 Å². The summed E-state index contributed by atoms with van der Waals surface area (Å²) < 4.78 is 5.77. The van der Waals surface area contributed by atoms with Gasteiger partial charge in [0, 0.05) is 17.1 Å². The second-order valence-electron chi connectivity index (χ2n) is 4.21. The highest BCUT2D eigenvalue weighted by Crippen LogP contribution is 2.35. The molecule has 0 saturated heterocycles. The molecule has 0 atom stereocenters. The maximum atomic E-state index is 9.77. The summed E-state index contributed by atoms with van der Waals surface area (Å²) in [5.74, 6) is 0.592. The fourth-order valence-corrected chi connectivity index (χ4v) is 2.70. The number of halogens is 1. The zero-order chi connectivity index (χ0) is 14.5. The standard InChI is InChI=1S/C15H16BrNO2S/c1-19-14-8-10(7-13(16)15(14)18)9-17-11-3-5-12(20-2)6-4-11/h3-8,17-18H,9H2,1-2H3. The van der Waals surface area contributed by atoms with Crippen LogP contribution in [0.15, 0.2) is 45.8 Å². The van der Waals surface area contributed by atoms with Crippen LogP contribution in [0.4, 0.5) is 5.69 Å². The van der Waals surface area contributed by atoms with E-state index in [-0.39, 0.29) is 5.75 Å². The van der Waals surface area contributed by atoms with Gasteiger partial charge in [0.25, 0.3) is 0 Å². The van der Waals surface area contributed by atoms with Gasteiger partial charge in [0.2, 0.25) is 0 Å². The molecule has 0 unspecified atom stereocenters. The average molecular weight is 354 g/mol. The van der Waals surface area contributed by atoms with Gasteiger partial charge in [0.05, 0.1) is 11.6 Å². The van der Waals surface area contributed by atoms with Crippen LogP contribution in [0.2, 0.25) is 0 Å². The van der Waals surface area contributed by atoms with Gasteiger partial charge in [-0.2, -0.15) is 0 Å². The number of methoxy groups -OCH3 is 1. The molecule has 0 amide bonds. The number of anilines is 1. The molecule has 0 saturated carbocycles. The summed E-state index contributed by atoms with van der Waals surface area (Å²) in [4.78, 5) is 1.24.